The number of carbonyl (C=O) groups is 3. The third kappa shape index (κ3) is 2.29. The highest BCUT2D eigenvalue weighted by molar-refractivity contribution is 6.03. The minimum atomic E-state index is -1.41. The van der Waals surface area contributed by atoms with E-state index in [1.807, 2.05) is 18.2 Å². The van der Waals surface area contributed by atoms with E-state index < -0.39 is 53.8 Å². The van der Waals surface area contributed by atoms with Gasteiger partial charge in [-0.3, -0.25) is 14.4 Å². The Morgan fingerprint density at radius 1 is 1.41 bits per heavy atom. The van der Waals surface area contributed by atoms with Gasteiger partial charge in [0.15, 0.2) is 0 Å². The summed E-state index contributed by atoms with van der Waals surface area (Å²) in [6.45, 7) is 3.16. The van der Waals surface area contributed by atoms with Crippen molar-refractivity contribution in [3.05, 3.63) is 29.8 Å². The Morgan fingerprint density at radius 3 is 2.85 bits per heavy atom. The minimum absolute atomic E-state index is 0.176. The number of rotatable bonds is 3. The standard InChI is InChI=1S/C19H22N2O6/c1-3-26-17(24)14-11-9-27-13-7-5-4-6-10(13)15(11)21-16(23)12(8-22)20-18(25)19(14,21)2/h4-7,11-12,14-15,22H,3,8-9H2,1-2H3,(H,20,25)/t11-,12-,14-,15+,19-/m1/s1. The molecule has 0 radical (unpaired) electrons. The summed E-state index contributed by atoms with van der Waals surface area (Å²) < 4.78 is 11.1. The van der Waals surface area contributed by atoms with Gasteiger partial charge < -0.3 is 24.8 Å². The Labute approximate surface area is 156 Å². The first-order chi connectivity index (χ1) is 12.9. The lowest BCUT2D eigenvalue weighted by Crippen LogP contribution is -2.70. The number of aliphatic hydroxyl groups is 1. The summed E-state index contributed by atoms with van der Waals surface area (Å²) in [4.78, 5) is 40.5. The summed E-state index contributed by atoms with van der Waals surface area (Å²) in [5.74, 6) is -2.05. The van der Waals surface area contributed by atoms with E-state index in [1.54, 1.807) is 19.9 Å². The molecule has 8 heteroatoms. The van der Waals surface area contributed by atoms with Crippen molar-refractivity contribution in [2.75, 3.05) is 19.8 Å². The Hall–Kier alpha value is -2.61. The van der Waals surface area contributed by atoms with Crippen molar-refractivity contribution < 1.29 is 29.0 Å². The van der Waals surface area contributed by atoms with Crippen LogP contribution in [0.3, 0.4) is 0 Å². The van der Waals surface area contributed by atoms with Crippen LogP contribution in [0, 0.1) is 11.8 Å². The fourth-order valence-corrected chi connectivity index (χ4v) is 4.74. The molecule has 3 aliphatic heterocycles. The van der Waals surface area contributed by atoms with E-state index >= 15 is 0 Å². The van der Waals surface area contributed by atoms with Gasteiger partial charge in [-0.25, -0.2) is 0 Å². The van der Waals surface area contributed by atoms with E-state index in [0.717, 1.165) is 5.56 Å². The van der Waals surface area contributed by atoms with Gasteiger partial charge in [0, 0.05) is 11.5 Å². The summed E-state index contributed by atoms with van der Waals surface area (Å²) in [5, 5.41) is 12.1. The second-order valence-corrected chi connectivity index (χ2v) is 7.25. The first-order valence-corrected chi connectivity index (χ1v) is 9.08. The van der Waals surface area contributed by atoms with Crippen LogP contribution in [0.4, 0.5) is 0 Å². The predicted octanol–water partition coefficient (Wildman–Crippen LogP) is 0.00720. The maximum Gasteiger partial charge on any atom is 0.312 e. The molecule has 3 heterocycles. The van der Waals surface area contributed by atoms with Gasteiger partial charge in [0.05, 0.1) is 31.8 Å². The Bertz CT molecular complexity index is 811. The normalized spacial score (nSPS) is 34.1. The number of hydrogen-bond acceptors (Lipinski definition) is 6. The lowest BCUT2D eigenvalue weighted by Gasteiger charge is -2.45. The molecule has 2 amide bonds. The molecule has 0 saturated carbocycles. The molecule has 4 rings (SSSR count). The molecule has 2 saturated heterocycles. The Morgan fingerprint density at radius 2 is 2.15 bits per heavy atom. The fourth-order valence-electron chi connectivity index (χ4n) is 4.74. The molecule has 27 heavy (non-hydrogen) atoms. The Balaban J connectivity index is 1.90. The van der Waals surface area contributed by atoms with Gasteiger partial charge in [0.25, 0.3) is 0 Å². The van der Waals surface area contributed by atoms with E-state index in [9.17, 15) is 19.5 Å². The average molecular weight is 374 g/mol. The highest BCUT2D eigenvalue weighted by Gasteiger charge is 2.69. The number of amides is 2. The van der Waals surface area contributed by atoms with Gasteiger partial charge in [0.2, 0.25) is 11.8 Å². The number of piperazine rings is 1. The summed E-state index contributed by atoms with van der Waals surface area (Å²) in [6.07, 6.45) is 0. The number of esters is 1. The van der Waals surface area contributed by atoms with Crippen LogP contribution >= 0.6 is 0 Å². The van der Waals surface area contributed by atoms with Crippen LogP contribution in [-0.2, 0) is 19.1 Å². The van der Waals surface area contributed by atoms with Crippen molar-refractivity contribution in [3.63, 3.8) is 0 Å². The van der Waals surface area contributed by atoms with Gasteiger partial charge >= 0.3 is 5.97 Å². The van der Waals surface area contributed by atoms with Gasteiger partial charge in [0.1, 0.15) is 17.3 Å². The van der Waals surface area contributed by atoms with Gasteiger partial charge in [-0.1, -0.05) is 18.2 Å². The smallest absolute Gasteiger partial charge is 0.312 e. The molecule has 0 aromatic heterocycles. The molecule has 0 bridgehead atoms. The zero-order chi connectivity index (χ0) is 19.3. The topological polar surface area (TPSA) is 105 Å². The first-order valence-electron chi connectivity index (χ1n) is 9.08. The summed E-state index contributed by atoms with van der Waals surface area (Å²) in [7, 11) is 0. The molecule has 5 atom stereocenters. The molecule has 1 aromatic rings. The third-order valence-electron chi connectivity index (χ3n) is 5.91. The molecule has 2 N–H and O–H groups in total. The lowest BCUT2D eigenvalue weighted by atomic mass is 9.77. The SMILES string of the molecule is CCOC(=O)[C@H]1[C@H]2COc3ccccc3[C@@H]2N2C(=O)[C@@H](CO)NC(=O)[C@@]12C. The summed E-state index contributed by atoms with van der Waals surface area (Å²) in [5.41, 5.74) is -0.656. The molecule has 1 aromatic carbocycles. The van der Waals surface area contributed by atoms with E-state index in [4.69, 9.17) is 9.47 Å². The van der Waals surface area contributed by atoms with Crippen molar-refractivity contribution in [1.82, 2.24) is 10.2 Å². The summed E-state index contributed by atoms with van der Waals surface area (Å²) in [6, 6.07) is 5.78. The van der Waals surface area contributed by atoms with Crippen LogP contribution in [0.2, 0.25) is 0 Å². The average Bonchev–Trinajstić information content (AvgIpc) is 2.95. The number of para-hydroxylation sites is 1. The van der Waals surface area contributed by atoms with Crippen LogP contribution in [0.5, 0.6) is 5.75 Å². The highest BCUT2D eigenvalue weighted by atomic mass is 16.5. The number of ether oxygens (including phenoxy) is 2. The third-order valence-corrected chi connectivity index (χ3v) is 5.91. The van der Waals surface area contributed by atoms with Gasteiger partial charge in [-0.05, 0) is 19.9 Å². The van der Waals surface area contributed by atoms with E-state index in [0.29, 0.717) is 5.75 Å². The molecular formula is C19H22N2O6. The van der Waals surface area contributed by atoms with Crippen LogP contribution in [0.1, 0.15) is 25.5 Å². The zero-order valence-corrected chi connectivity index (χ0v) is 15.2. The van der Waals surface area contributed by atoms with E-state index in [-0.39, 0.29) is 13.2 Å². The fraction of sp³-hybridized carbons (Fsp3) is 0.526. The van der Waals surface area contributed by atoms with E-state index in [1.165, 1.54) is 4.90 Å². The molecule has 0 spiro atoms. The van der Waals surface area contributed by atoms with Crippen molar-refractivity contribution in [3.8, 4) is 5.75 Å². The predicted molar refractivity (Wildman–Crippen MR) is 92.6 cm³/mol. The lowest BCUT2D eigenvalue weighted by molar-refractivity contribution is -0.165. The molecule has 3 aliphatic rings. The second kappa shape index (κ2) is 6.23. The monoisotopic (exact) mass is 374 g/mol. The van der Waals surface area contributed by atoms with Crippen LogP contribution in [0.15, 0.2) is 24.3 Å². The Kier molecular flexibility index (Phi) is 4.10. The quantitative estimate of drug-likeness (QED) is 0.722. The molecular weight excluding hydrogens is 352 g/mol. The van der Waals surface area contributed by atoms with Crippen LogP contribution < -0.4 is 10.1 Å². The molecule has 2 fully saturated rings. The number of fused-ring (bicyclic) bond motifs is 5. The molecule has 144 valence electrons. The highest BCUT2D eigenvalue weighted by Crippen LogP contribution is 2.56. The number of carbonyl (C=O) groups excluding carboxylic acids is 3. The number of hydrogen-bond donors (Lipinski definition) is 2. The second-order valence-electron chi connectivity index (χ2n) is 7.25. The summed E-state index contributed by atoms with van der Waals surface area (Å²) >= 11 is 0. The minimum Gasteiger partial charge on any atom is -0.493 e. The molecule has 8 nitrogen and oxygen atoms in total. The van der Waals surface area contributed by atoms with E-state index in [2.05, 4.69) is 5.32 Å². The number of nitrogens with one attached hydrogen (secondary N) is 1. The van der Waals surface area contributed by atoms with Crippen molar-refractivity contribution in [2.24, 2.45) is 11.8 Å². The molecule has 0 aliphatic carbocycles. The van der Waals surface area contributed by atoms with Gasteiger partial charge in [-0.2, -0.15) is 0 Å². The number of nitrogens with zero attached hydrogens (tertiary/aromatic N) is 1. The van der Waals surface area contributed by atoms with Gasteiger partial charge in [-0.15, -0.1) is 0 Å². The molecule has 0 unspecified atom stereocenters. The first kappa shape index (κ1) is 17.8. The largest absolute Gasteiger partial charge is 0.493 e. The maximum absolute atomic E-state index is 13.1. The zero-order valence-electron chi connectivity index (χ0n) is 15.2. The van der Waals surface area contributed by atoms with Crippen molar-refractivity contribution in [1.29, 1.82) is 0 Å². The van der Waals surface area contributed by atoms with Crippen molar-refractivity contribution in [2.45, 2.75) is 31.5 Å². The maximum atomic E-state index is 13.1. The van der Waals surface area contributed by atoms with Crippen LogP contribution in [0.25, 0.3) is 0 Å². The van der Waals surface area contributed by atoms with Crippen molar-refractivity contribution >= 4 is 17.8 Å². The number of aliphatic hydroxyl groups excluding tert-OH is 1. The number of benzene rings is 1. The van der Waals surface area contributed by atoms with Crippen LogP contribution in [-0.4, -0.2) is 59.2 Å².